The number of hydrogen-bond acceptors (Lipinski definition) is 3. The Morgan fingerprint density at radius 1 is 1.17 bits per heavy atom. The van der Waals surface area contributed by atoms with Gasteiger partial charge in [-0.3, -0.25) is 4.79 Å². The number of rotatable bonds is 8. The third-order valence-electron chi connectivity index (χ3n) is 6.67. The van der Waals surface area contributed by atoms with Crippen molar-refractivity contribution in [2.24, 2.45) is 5.92 Å². The molecule has 3 rings (SSSR count). The quantitative estimate of drug-likeness (QED) is 0.639. The van der Waals surface area contributed by atoms with Gasteiger partial charge in [-0.1, -0.05) is 26.3 Å². The van der Waals surface area contributed by atoms with Crippen LogP contribution in [-0.4, -0.2) is 49.2 Å². The van der Waals surface area contributed by atoms with Crippen LogP contribution in [0.25, 0.3) is 0 Å². The van der Waals surface area contributed by atoms with E-state index in [-0.39, 0.29) is 17.9 Å². The lowest BCUT2D eigenvalue weighted by molar-refractivity contribution is -0.139. The Morgan fingerprint density at radius 2 is 1.86 bits per heavy atom. The zero-order chi connectivity index (χ0) is 21.0. The Kier molecular flexibility index (Phi) is 7.38. The molecular formula is C23H36N2O3S. The Bertz CT molecular complexity index is 813. The first-order valence-corrected chi connectivity index (χ1v) is 12.7. The summed E-state index contributed by atoms with van der Waals surface area (Å²) in [6.07, 6.45) is 7.38. The Balaban J connectivity index is 1.65. The monoisotopic (exact) mass is 420 g/mol. The Labute approximate surface area is 176 Å². The zero-order valence-electron chi connectivity index (χ0n) is 18.2. The predicted octanol–water partition coefficient (Wildman–Crippen LogP) is 4.00. The Morgan fingerprint density at radius 3 is 2.52 bits per heavy atom. The molecule has 2 aliphatic rings. The van der Waals surface area contributed by atoms with Gasteiger partial charge in [0.2, 0.25) is 15.9 Å². The van der Waals surface area contributed by atoms with Gasteiger partial charge in [0.05, 0.1) is 4.90 Å². The van der Waals surface area contributed by atoms with Gasteiger partial charge in [0.25, 0.3) is 0 Å². The van der Waals surface area contributed by atoms with E-state index in [0.717, 1.165) is 45.1 Å². The maximum atomic E-state index is 13.1. The molecule has 1 saturated heterocycles. The maximum absolute atomic E-state index is 13.1. The zero-order valence-corrected chi connectivity index (χ0v) is 19.0. The SMILES string of the molecule is CCCCN(C(=O)C1CCN(S(=O)(=O)c2ccc3c(c2)CCC3)CC1)C(C)CC. The van der Waals surface area contributed by atoms with Crippen molar-refractivity contribution in [2.45, 2.75) is 83.1 Å². The number of carbonyl (C=O) groups excluding carboxylic acids is 1. The van der Waals surface area contributed by atoms with Crippen LogP contribution in [0.2, 0.25) is 0 Å². The summed E-state index contributed by atoms with van der Waals surface area (Å²) >= 11 is 0. The van der Waals surface area contributed by atoms with E-state index in [1.165, 1.54) is 11.1 Å². The molecule has 1 aromatic carbocycles. The van der Waals surface area contributed by atoms with Gasteiger partial charge in [0.15, 0.2) is 0 Å². The van der Waals surface area contributed by atoms with Crippen molar-refractivity contribution in [3.05, 3.63) is 29.3 Å². The minimum atomic E-state index is -3.48. The van der Waals surface area contributed by atoms with E-state index in [1.807, 2.05) is 17.0 Å². The van der Waals surface area contributed by atoms with Crippen molar-refractivity contribution < 1.29 is 13.2 Å². The van der Waals surface area contributed by atoms with Crippen LogP contribution < -0.4 is 0 Å². The van der Waals surface area contributed by atoms with Gasteiger partial charge < -0.3 is 4.90 Å². The number of aryl methyl sites for hydroxylation is 2. The molecule has 5 nitrogen and oxygen atoms in total. The van der Waals surface area contributed by atoms with Gasteiger partial charge in [-0.05, 0) is 75.1 Å². The molecule has 1 heterocycles. The van der Waals surface area contributed by atoms with Crippen molar-refractivity contribution in [3.8, 4) is 0 Å². The molecule has 6 heteroatoms. The van der Waals surface area contributed by atoms with Crippen molar-refractivity contribution in [1.29, 1.82) is 0 Å². The van der Waals surface area contributed by atoms with Crippen LogP contribution >= 0.6 is 0 Å². The summed E-state index contributed by atoms with van der Waals surface area (Å²) in [5.74, 6) is 0.148. The smallest absolute Gasteiger partial charge is 0.243 e. The molecule has 0 aromatic heterocycles. The summed E-state index contributed by atoms with van der Waals surface area (Å²) in [6, 6.07) is 5.84. The second-order valence-electron chi connectivity index (χ2n) is 8.60. The summed E-state index contributed by atoms with van der Waals surface area (Å²) in [4.78, 5) is 15.6. The second-order valence-corrected chi connectivity index (χ2v) is 10.5. The maximum Gasteiger partial charge on any atom is 0.243 e. The molecule has 1 atom stereocenters. The van der Waals surface area contributed by atoms with Crippen molar-refractivity contribution in [1.82, 2.24) is 9.21 Å². The third-order valence-corrected chi connectivity index (χ3v) is 8.56. The first-order valence-electron chi connectivity index (χ1n) is 11.3. The normalized spacial score (nSPS) is 19.1. The molecule has 0 spiro atoms. The van der Waals surface area contributed by atoms with Crippen molar-refractivity contribution in [2.75, 3.05) is 19.6 Å². The average Bonchev–Trinajstić information content (AvgIpc) is 3.21. The molecule has 1 amide bonds. The van der Waals surface area contributed by atoms with Gasteiger partial charge in [-0.2, -0.15) is 4.31 Å². The lowest BCUT2D eigenvalue weighted by atomic mass is 9.95. The van der Waals surface area contributed by atoms with Gasteiger partial charge in [0, 0.05) is 31.6 Å². The molecule has 0 N–H and O–H groups in total. The number of carbonyl (C=O) groups is 1. The molecular weight excluding hydrogens is 384 g/mol. The highest BCUT2D eigenvalue weighted by molar-refractivity contribution is 7.89. The molecule has 1 aliphatic carbocycles. The van der Waals surface area contributed by atoms with Crippen LogP contribution in [0.15, 0.2) is 23.1 Å². The number of unbranched alkanes of at least 4 members (excludes halogenated alkanes) is 1. The fraction of sp³-hybridized carbons (Fsp3) is 0.696. The fourth-order valence-corrected chi connectivity index (χ4v) is 6.05. The highest BCUT2D eigenvalue weighted by Crippen LogP contribution is 2.29. The minimum Gasteiger partial charge on any atom is -0.340 e. The lowest BCUT2D eigenvalue weighted by Gasteiger charge is -2.36. The topological polar surface area (TPSA) is 57.7 Å². The van der Waals surface area contributed by atoms with Crippen molar-refractivity contribution >= 4 is 15.9 Å². The molecule has 1 aromatic rings. The number of sulfonamides is 1. The van der Waals surface area contributed by atoms with Gasteiger partial charge >= 0.3 is 0 Å². The third kappa shape index (κ3) is 4.85. The molecule has 0 bridgehead atoms. The molecule has 1 fully saturated rings. The molecule has 0 radical (unpaired) electrons. The lowest BCUT2D eigenvalue weighted by Crippen LogP contribution is -2.47. The number of amides is 1. The van der Waals surface area contributed by atoms with Crippen LogP contribution in [0.1, 0.15) is 70.4 Å². The molecule has 0 saturated carbocycles. The molecule has 162 valence electrons. The van der Waals surface area contributed by atoms with Crippen LogP contribution in [-0.2, 0) is 27.7 Å². The Hall–Kier alpha value is -1.40. The number of piperidine rings is 1. The van der Waals surface area contributed by atoms with E-state index < -0.39 is 10.0 Å². The fourth-order valence-electron chi connectivity index (χ4n) is 4.53. The largest absolute Gasteiger partial charge is 0.340 e. The molecule has 1 aliphatic heterocycles. The van der Waals surface area contributed by atoms with E-state index >= 15 is 0 Å². The molecule has 1 unspecified atom stereocenters. The first kappa shape index (κ1) is 22.3. The highest BCUT2D eigenvalue weighted by Gasteiger charge is 2.34. The van der Waals surface area contributed by atoms with Crippen LogP contribution in [0.5, 0.6) is 0 Å². The van der Waals surface area contributed by atoms with Gasteiger partial charge in [0.1, 0.15) is 0 Å². The standard InChI is InChI=1S/C23H36N2O3S/c1-4-6-14-25(18(3)5-2)23(26)20-12-15-24(16-13-20)29(27,28)22-11-10-19-8-7-9-21(19)17-22/h10-11,17-18,20H,4-9,12-16H2,1-3H3. The van der Waals surface area contributed by atoms with E-state index in [1.54, 1.807) is 10.4 Å². The highest BCUT2D eigenvalue weighted by atomic mass is 32.2. The number of fused-ring (bicyclic) bond motifs is 1. The number of nitrogens with zero attached hydrogens (tertiary/aromatic N) is 2. The first-order chi connectivity index (χ1) is 13.9. The predicted molar refractivity (Wildman–Crippen MR) is 116 cm³/mol. The number of hydrogen-bond donors (Lipinski definition) is 0. The van der Waals surface area contributed by atoms with E-state index in [2.05, 4.69) is 20.8 Å². The number of benzene rings is 1. The van der Waals surface area contributed by atoms with Crippen LogP contribution in [0.3, 0.4) is 0 Å². The summed E-state index contributed by atoms with van der Waals surface area (Å²) in [7, 11) is -3.48. The minimum absolute atomic E-state index is 0.0627. The summed E-state index contributed by atoms with van der Waals surface area (Å²) in [5.41, 5.74) is 2.46. The van der Waals surface area contributed by atoms with E-state index in [0.29, 0.717) is 30.8 Å². The van der Waals surface area contributed by atoms with Gasteiger partial charge in [-0.25, -0.2) is 8.42 Å². The van der Waals surface area contributed by atoms with E-state index in [9.17, 15) is 13.2 Å². The van der Waals surface area contributed by atoms with Crippen LogP contribution in [0.4, 0.5) is 0 Å². The second kappa shape index (κ2) is 9.61. The summed E-state index contributed by atoms with van der Waals surface area (Å²) in [5, 5.41) is 0. The summed E-state index contributed by atoms with van der Waals surface area (Å²) in [6.45, 7) is 8.03. The average molecular weight is 421 g/mol. The molecule has 29 heavy (non-hydrogen) atoms. The van der Waals surface area contributed by atoms with Crippen molar-refractivity contribution in [3.63, 3.8) is 0 Å². The van der Waals surface area contributed by atoms with Crippen LogP contribution in [0, 0.1) is 5.92 Å². The summed E-state index contributed by atoms with van der Waals surface area (Å²) < 4.78 is 27.8. The van der Waals surface area contributed by atoms with E-state index in [4.69, 9.17) is 0 Å². The van der Waals surface area contributed by atoms with Gasteiger partial charge in [-0.15, -0.1) is 0 Å².